The zero-order chi connectivity index (χ0) is 12.5. The number of benzene rings is 1. The Morgan fingerprint density at radius 3 is 2.94 bits per heavy atom. The van der Waals surface area contributed by atoms with Gasteiger partial charge in [0.25, 0.3) is 0 Å². The average molecular weight is 303 g/mol. The number of hydrogen-bond acceptors (Lipinski definition) is 2. The van der Waals surface area contributed by atoms with Gasteiger partial charge in [-0.15, -0.1) is 0 Å². The molecule has 1 unspecified atom stereocenters. The third-order valence-corrected chi connectivity index (χ3v) is 4.21. The molecular formula is C15H15BrN2. The zero-order valence-electron chi connectivity index (χ0n) is 10.3. The molecule has 1 atom stereocenters. The highest BCUT2D eigenvalue weighted by Gasteiger charge is 2.23. The lowest BCUT2D eigenvalue weighted by Gasteiger charge is -2.15. The number of aromatic nitrogens is 1. The molecule has 3 rings (SSSR count). The summed E-state index contributed by atoms with van der Waals surface area (Å²) < 4.78 is 1.23. The van der Waals surface area contributed by atoms with Crippen LogP contribution in [0.5, 0.6) is 0 Å². The predicted octanol–water partition coefficient (Wildman–Crippen LogP) is 4.25. The Morgan fingerprint density at radius 1 is 1.28 bits per heavy atom. The molecule has 1 aromatic carbocycles. The number of halogens is 1. The molecule has 2 aromatic rings. The van der Waals surface area contributed by atoms with E-state index < -0.39 is 0 Å². The molecule has 3 heteroatoms. The largest absolute Gasteiger partial charge is 0.377 e. The second-order valence-corrected chi connectivity index (χ2v) is 5.59. The van der Waals surface area contributed by atoms with Crippen molar-refractivity contribution in [2.24, 2.45) is 0 Å². The second-order valence-electron chi connectivity index (χ2n) is 4.73. The Hall–Kier alpha value is -1.35. The van der Waals surface area contributed by atoms with Crippen molar-refractivity contribution >= 4 is 21.6 Å². The summed E-state index contributed by atoms with van der Waals surface area (Å²) >= 11 is 3.63. The van der Waals surface area contributed by atoms with E-state index in [1.165, 1.54) is 15.6 Å². The number of pyridine rings is 1. The minimum Gasteiger partial charge on any atom is -0.377 e. The SMILES string of the molecule is Cc1ccc(NC2CCc3c(Br)cccc32)cn1. The molecule has 0 bridgehead atoms. The van der Waals surface area contributed by atoms with E-state index in [9.17, 15) is 0 Å². The minimum absolute atomic E-state index is 0.405. The Morgan fingerprint density at radius 2 is 2.17 bits per heavy atom. The molecule has 0 aliphatic heterocycles. The number of anilines is 1. The summed E-state index contributed by atoms with van der Waals surface area (Å²) in [4.78, 5) is 4.32. The van der Waals surface area contributed by atoms with Gasteiger partial charge < -0.3 is 5.32 Å². The van der Waals surface area contributed by atoms with E-state index in [1.807, 2.05) is 19.2 Å². The first-order valence-corrected chi connectivity index (χ1v) is 7.00. The highest BCUT2D eigenvalue weighted by atomic mass is 79.9. The van der Waals surface area contributed by atoms with Crippen LogP contribution in [0.1, 0.15) is 29.3 Å². The summed E-state index contributed by atoms with van der Waals surface area (Å²) in [6, 6.07) is 11.0. The Balaban J connectivity index is 1.85. The number of rotatable bonds is 2. The van der Waals surface area contributed by atoms with Gasteiger partial charge in [-0.3, -0.25) is 4.98 Å². The van der Waals surface area contributed by atoms with Crippen molar-refractivity contribution in [2.75, 3.05) is 5.32 Å². The van der Waals surface area contributed by atoms with Crippen LogP contribution in [0.25, 0.3) is 0 Å². The maximum absolute atomic E-state index is 4.32. The molecule has 2 nitrogen and oxygen atoms in total. The summed E-state index contributed by atoms with van der Waals surface area (Å²) in [6.07, 6.45) is 4.19. The lowest BCUT2D eigenvalue weighted by molar-refractivity contribution is 0.761. The fourth-order valence-corrected chi connectivity index (χ4v) is 3.09. The Bertz CT molecular complexity index is 563. The Kier molecular flexibility index (Phi) is 3.08. The van der Waals surface area contributed by atoms with Gasteiger partial charge in [0.05, 0.1) is 17.9 Å². The maximum atomic E-state index is 4.32. The van der Waals surface area contributed by atoms with E-state index in [4.69, 9.17) is 0 Å². The summed E-state index contributed by atoms with van der Waals surface area (Å²) in [5, 5.41) is 3.57. The topological polar surface area (TPSA) is 24.9 Å². The molecule has 0 amide bonds. The quantitative estimate of drug-likeness (QED) is 0.897. The van der Waals surface area contributed by atoms with Crippen LogP contribution in [0.15, 0.2) is 41.0 Å². The number of hydrogen-bond donors (Lipinski definition) is 1. The predicted molar refractivity (Wildman–Crippen MR) is 77.8 cm³/mol. The molecule has 1 aliphatic rings. The lowest BCUT2D eigenvalue weighted by atomic mass is 10.1. The first-order valence-electron chi connectivity index (χ1n) is 6.20. The van der Waals surface area contributed by atoms with Crippen LogP contribution < -0.4 is 5.32 Å². The molecule has 0 saturated heterocycles. The second kappa shape index (κ2) is 4.73. The van der Waals surface area contributed by atoms with Gasteiger partial charge in [0.15, 0.2) is 0 Å². The van der Waals surface area contributed by atoms with Crippen LogP contribution in [0.4, 0.5) is 5.69 Å². The van der Waals surface area contributed by atoms with Crippen LogP contribution in [-0.2, 0) is 6.42 Å². The van der Waals surface area contributed by atoms with Crippen LogP contribution in [0.3, 0.4) is 0 Å². The fourth-order valence-electron chi connectivity index (χ4n) is 2.51. The van der Waals surface area contributed by atoms with Crippen LogP contribution in [0, 0.1) is 6.92 Å². The van der Waals surface area contributed by atoms with Crippen molar-refractivity contribution in [3.8, 4) is 0 Å². The van der Waals surface area contributed by atoms with Gasteiger partial charge in [0.1, 0.15) is 0 Å². The van der Waals surface area contributed by atoms with E-state index in [0.717, 1.165) is 24.2 Å². The summed E-state index contributed by atoms with van der Waals surface area (Å²) in [5.74, 6) is 0. The molecule has 92 valence electrons. The monoisotopic (exact) mass is 302 g/mol. The number of nitrogens with one attached hydrogen (secondary N) is 1. The Labute approximate surface area is 116 Å². The van der Waals surface area contributed by atoms with E-state index in [2.05, 4.69) is 50.5 Å². The zero-order valence-corrected chi connectivity index (χ0v) is 11.9. The normalized spacial score (nSPS) is 17.6. The molecule has 0 fully saturated rings. The molecule has 1 N–H and O–H groups in total. The van der Waals surface area contributed by atoms with Gasteiger partial charge in [-0.1, -0.05) is 28.1 Å². The van der Waals surface area contributed by atoms with Crippen molar-refractivity contribution < 1.29 is 0 Å². The van der Waals surface area contributed by atoms with Gasteiger partial charge in [0.2, 0.25) is 0 Å². The molecule has 0 saturated carbocycles. The summed E-state index contributed by atoms with van der Waals surface area (Å²) in [5.41, 5.74) is 4.99. The molecular weight excluding hydrogens is 288 g/mol. The van der Waals surface area contributed by atoms with Crippen LogP contribution in [-0.4, -0.2) is 4.98 Å². The molecule has 0 spiro atoms. The standard InChI is InChI=1S/C15H15BrN2/c1-10-5-6-11(9-17-10)18-15-8-7-12-13(15)3-2-4-14(12)16/h2-6,9,15,18H,7-8H2,1H3. The van der Waals surface area contributed by atoms with Crippen LogP contribution in [0.2, 0.25) is 0 Å². The van der Waals surface area contributed by atoms with Crippen molar-refractivity contribution in [1.82, 2.24) is 4.98 Å². The van der Waals surface area contributed by atoms with Crippen molar-refractivity contribution in [1.29, 1.82) is 0 Å². The summed E-state index contributed by atoms with van der Waals surface area (Å²) in [7, 11) is 0. The molecule has 18 heavy (non-hydrogen) atoms. The van der Waals surface area contributed by atoms with Gasteiger partial charge in [-0.2, -0.15) is 0 Å². The minimum atomic E-state index is 0.405. The fraction of sp³-hybridized carbons (Fsp3) is 0.267. The van der Waals surface area contributed by atoms with Gasteiger partial charge >= 0.3 is 0 Å². The van der Waals surface area contributed by atoms with E-state index in [1.54, 1.807) is 0 Å². The number of nitrogens with zero attached hydrogens (tertiary/aromatic N) is 1. The van der Waals surface area contributed by atoms with E-state index in [0.29, 0.717) is 6.04 Å². The highest BCUT2D eigenvalue weighted by Crippen LogP contribution is 2.37. The summed E-state index contributed by atoms with van der Waals surface area (Å²) in [6.45, 7) is 2.01. The highest BCUT2D eigenvalue weighted by molar-refractivity contribution is 9.10. The average Bonchev–Trinajstić information content (AvgIpc) is 2.77. The first kappa shape index (κ1) is 11.7. The third kappa shape index (κ3) is 2.15. The van der Waals surface area contributed by atoms with Crippen LogP contribution >= 0.6 is 15.9 Å². The van der Waals surface area contributed by atoms with Crippen molar-refractivity contribution in [2.45, 2.75) is 25.8 Å². The smallest absolute Gasteiger partial charge is 0.0531 e. The third-order valence-electron chi connectivity index (χ3n) is 3.47. The van der Waals surface area contributed by atoms with Crippen molar-refractivity contribution in [3.63, 3.8) is 0 Å². The molecule has 1 heterocycles. The van der Waals surface area contributed by atoms with E-state index >= 15 is 0 Å². The molecule has 1 aliphatic carbocycles. The number of aryl methyl sites for hydroxylation is 1. The lowest BCUT2D eigenvalue weighted by Crippen LogP contribution is -2.07. The van der Waals surface area contributed by atoms with Crippen molar-refractivity contribution in [3.05, 3.63) is 57.8 Å². The van der Waals surface area contributed by atoms with Gasteiger partial charge in [-0.05, 0) is 49.1 Å². The molecule has 0 radical (unpaired) electrons. The van der Waals surface area contributed by atoms with Gasteiger partial charge in [-0.25, -0.2) is 0 Å². The maximum Gasteiger partial charge on any atom is 0.0531 e. The van der Waals surface area contributed by atoms with Gasteiger partial charge in [0, 0.05) is 10.2 Å². The molecule has 1 aromatic heterocycles. The number of fused-ring (bicyclic) bond motifs is 1. The first-order chi connectivity index (χ1) is 8.74. The van der Waals surface area contributed by atoms with E-state index in [-0.39, 0.29) is 0 Å².